The lowest BCUT2D eigenvalue weighted by Gasteiger charge is -2.16. The van der Waals surface area contributed by atoms with E-state index >= 15 is 0 Å². The standard InChI is InChI=1S/C36H32N6O3/c1-21-28(5-3-7-30(21)36-41-33-13-23(20-43)11-25(15-37)35(33)45-36)29-6-4-8-31(22(29)2)40-34-14-32-26(17-39-34)12-24(16-38-32)18-42-10-9-27(44)19-42/h3-8,11-14,16-17,27,43-44H,9-10,18-20H2,1-2H3,(H,39,40). The molecule has 224 valence electrons. The number of rotatable bonds is 7. The average molecular weight is 597 g/mol. The van der Waals surface area contributed by atoms with Gasteiger partial charge in [-0.25, -0.2) is 9.97 Å². The first kappa shape index (κ1) is 28.6. The smallest absolute Gasteiger partial charge is 0.227 e. The molecule has 1 fully saturated rings. The van der Waals surface area contributed by atoms with Crippen molar-refractivity contribution >= 4 is 33.5 Å². The SMILES string of the molecule is Cc1c(Nc2cc3ncc(CN4CCC(O)C4)cc3cn2)cccc1-c1cccc(-c2nc3cc(CO)cc(C#N)c3o2)c1C. The summed E-state index contributed by atoms with van der Waals surface area (Å²) in [6.45, 7) is 6.31. The zero-order valence-corrected chi connectivity index (χ0v) is 25.1. The summed E-state index contributed by atoms with van der Waals surface area (Å²) >= 11 is 0. The molecule has 0 aliphatic carbocycles. The quantitative estimate of drug-likeness (QED) is 0.192. The Labute approximate surface area is 260 Å². The van der Waals surface area contributed by atoms with Gasteiger partial charge in [0.2, 0.25) is 5.89 Å². The lowest BCUT2D eigenvalue weighted by atomic mass is 9.93. The lowest BCUT2D eigenvalue weighted by Crippen LogP contribution is -2.21. The molecule has 0 bridgehead atoms. The maximum Gasteiger partial charge on any atom is 0.227 e. The number of aromatic nitrogens is 3. The van der Waals surface area contributed by atoms with Crippen LogP contribution in [0.4, 0.5) is 11.5 Å². The number of benzene rings is 3. The second-order valence-corrected chi connectivity index (χ2v) is 11.6. The molecule has 45 heavy (non-hydrogen) atoms. The van der Waals surface area contributed by atoms with Crippen LogP contribution in [-0.4, -0.2) is 49.3 Å². The van der Waals surface area contributed by atoms with Crippen molar-refractivity contribution in [2.75, 3.05) is 18.4 Å². The number of nitrogens with one attached hydrogen (secondary N) is 1. The Balaban J connectivity index is 1.17. The van der Waals surface area contributed by atoms with Crippen molar-refractivity contribution in [2.24, 2.45) is 0 Å². The second kappa shape index (κ2) is 11.7. The van der Waals surface area contributed by atoms with Crippen LogP contribution < -0.4 is 5.32 Å². The van der Waals surface area contributed by atoms with Crippen molar-refractivity contribution in [3.05, 3.63) is 101 Å². The molecule has 0 saturated carbocycles. The number of nitrogens with zero attached hydrogens (tertiary/aromatic N) is 5. The Morgan fingerprint density at radius 3 is 2.53 bits per heavy atom. The van der Waals surface area contributed by atoms with E-state index in [0.29, 0.717) is 40.5 Å². The number of likely N-dealkylation sites (tertiary alicyclic amines) is 1. The van der Waals surface area contributed by atoms with Gasteiger partial charge >= 0.3 is 0 Å². The van der Waals surface area contributed by atoms with Crippen molar-refractivity contribution in [3.8, 4) is 28.7 Å². The Kier molecular flexibility index (Phi) is 7.47. The summed E-state index contributed by atoms with van der Waals surface area (Å²) in [4.78, 5) is 16.3. The molecule has 1 aliphatic rings. The molecule has 9 nitrogen and oxygen atoms in total. The summed E-state index contributed by atoms with van der Waals surface area (Å²) in [5, 5.41) is 33.5. The third-order valence-corrected chi connectivity index (χ3v) is 8.58. The summed E-state index contributed by atoms with van der Waals surface area (Å²) < 4.78 is 6.11. The Bertz CT molecular complexity index is 2110. The highest BCUT2D eigenvalue weighted by atomic mass is 16.3. The first-order valence-corrected chi connectivity index (χ1v) is 15.0. The number of anilines is 2. The van der Waals surface area contributed by atoms with Crippen LogP contribution in [0.25, 0.3) is 44.6 Å². The van der Waals surface area contributed by atoms with E-state index in [1.54, 1.807) is 12.1 Å². The summed E-state index contributed by atoms with van der Waals surface area (Å²) in [6.07, 6.45) is 4.33. The largest absolute Gasteiger partial charge is 0.435 e. The summed E-state index contributed by atoms with van der Waals surface area (Å²) in [7, 11) is 0. The molecule has 0 radical (unpaired) electrons. The van der Waals surface area contributed by atoms with Gasteiger partial charge in [-0.05, 0) is 84.0 Å². The molecule has 0 amide bonds. The normalized spacial score (nSPS) is 15.1. The monoisotopic (exact) mass is 596 g/mol. The van der Waals surface area contributed by atoms with E-state index in [-0.39, 0.29) is 12.7 Å². The maximum absolute atomic E-state index is 9.84. The predicted octanol–water partition coefficient (Wildman–Crippen LogP) is 6.40. The molecule has 1 unspecified atom stereocenters. The second-order valence-electron chi connectivity index (χ2n) is 11.6. The van der Waals surface area contributed by atoms with Gasteiger partial charge in [0.25, 0.3) is 0 Å². The molecule has 3 aromatic heterocycles. The number of pyridine rings is 2. The molecule has 6 aromatic rings. The highest BCUT2D eigenvalue weighted by Gasteiger charge is 2.21. The van der Waals surface area contributed by atoms with Gasteiger partial charge in [-0.3, -0.25) is 9.88 Å². The van der Waals surface area contributed by atoms with Crippen LogP contribution in [0.15, 0.2) is 77.5 Å². The number of hydrogen-bond donors (Lipinski definition) is 3. The van der Waals surface area contributed by atoms with Crippen molar-refractivity contribution in [1.29, 1.82) is 5.26 Å². The number of fused-ring (bicyclic) bond motifs is 2. The van der Waals surface area contributed by atoms with Gasteiger partial charge in [0, 0.05) is 54.7 Å². The number of oxazole rings is 1. The fourth-order valence-electron chi connectivity index (χ4n) is 6.18. The van der Waals surface area contributed by atoms with Gasteiger partial charge < -0.3 is 19.9 Å². The zero-order valence-electron chi connectivity index (χ0n) is 25.1. The van der Waals surface area contributed by atoms with E-state index < -0.39 is 0 Å². The van der Waals surface area contributed by atoms with E-state index in [1.165, 1.54) is 0 Å². The summed E-state index contributed by atoms with van der Waals surface area (Å²) in [5.74, 6) is 1.13. The minimum atomic E-state index is -0.238. The molecule has 1 saturated heterocycles. The molecular weight excluding hydrogens is 564 g/mol. The highest BCUT2D eigenvalue weighted by molar-refractivity contribution is 5.86. The van der Waals surface area contributed by atoms with Gasteiger partial charge in [-0.1, -0.05) is 24.3 Å². The maximum atomic E-state index is 9.84. The first-order valence-electron chi connectivity index (χ1n) is 15.0. The van der Waals surface area contributed by atoms with Crippen molar-refractivity contribution in [3.63, 3.8) is 0 Å². The molecule has 4 heterocycles. The molecule has 3 N–H and O–H groups in total. The highest BCUT2D eigenvalue weighted by Crippen LogP contribution is 2.37. The van der Waals surface area contributed by atoms with Gasteiger partial charge in [-0.2, -0.15) is 5.26 Å². The number of hydrogen-bond acceptors (Lipinski definition) is 9. The van der Waals surface area contributed by atoms with E-state index in [0.717, 1.165) is 69.5 Å². The van der Waals surface area contributed by atoms with Gasteiger partial charge in [0.05, 0.1) is 23.8 Å². The van der Waals surface area contributed by atoms with Crippen LogP contribution in [0, 0.1) is 25.2 Å². The number of β-amino-alcohol motifs (C(OH)–C–C–N with tert-alkyl or cyclic N) is 1. The van der Waals surface area contributed by atoms with E-state index in [1.807, 2.05) is 49.6 Å². The minimum absolute atomic E-state index is 0.178. The van der Waals surface area contributed by atoms with Crippen molar-refractivity contribution in [2.45, 2.75) is 39.5 Å². The third-order valence-electron chi connectivity index (χ3n) is 8.58. The minimum Gasteiger partial charge on any atom is -0.435 e. The van der Waals surface area contributed by atoms with Crippen LogP contribution in [0.3, 0.4) is 0 Å². The van der Waals surface area contributed by atoms with Crippen LogP contribution in [0.5, 0.6) is 0 Å². The van der Waals surface area contributed by atoms with Gasteiger partial charge in [0.15, 0.2) is 5.58 Å². The zero-order chi connectivity index (χ0) is 31.1. The molecule has 7 rings (SSSR count). The summed E-state index contributed by atoms with van der Waals surface area (Å²) in [5.41, 5.74) is 9.82. The van der Waals surface area contributed by atoms with Crippen LogP contribution in [0.1, 0.15) is 34.2 Å². The number of aliphatic hydroxyl groups is 2. The fraction of sp³-hybridized carbons (Fsp3) is 0.222. The number of nitriles is 1. The van der Waals surface area contributed by atoms with Gasteiger partial charge in [0.1, 0.15) is 17.4 Å². The van der Waals surface area contributed by atoms with Crippen LogP contribution in [0.2, 0.25) is 0 Å². The third kappa shape index (κ3) is 5.51. The van der Waals surface area contributed by atoms with Crippen LogP contribution in [-0.2, 0) is 13.2 Å². The van der Waals surface area contributed by atoms with Crippen LogP contribution >= 0.6 is 0 Å². The first-order chi connectivity index (χ1) is 21.9. The average Bonchev–Trinajstić information content (AvgIpc) is 3.67. The van der Waals surface area contributed by atoms with Crippen molar-refractivity contribution in [1.82, 2.24) is 19.9 Å². The van der Waals surface area contributed by atoms with Crippen molar-refractivity contribution < 1.29 is 14.6 Å². The molecule has 0 spiro atoms. The predicted molar refractivity (Wildman–Crippen MR) is 174 cm³/mol. The lowest BCUT2D eigenvalue weighted by molar-refractivity contribution is 0.175. The number of aliphatic hydroxyl groups excluding tert-OH is 2. The molecule has 1 atom stereocenters. The van der Waals surface area contributed by atoms with E-state index in [9.17, 15) is 15.5 Å². The molecular formula is C36H32N6O3. The molecule has 1 aliphatic heterocycles. The molecule has 3 aromatic carbocycles. The van der Waals surface area contributed by atoms with Gasteiger partial charge in [-0.15, -0.1) is 0 Å². The Hall–Kier alpha value is -5.14. The fourth-order valence-corrected chi connectivity index (χ4v) is 6.18. The Morgan fingerprint density at radius 1 is 0.956 bits per heavy atom. The van der Waals surface area contributed by atoms with E-state index in [4.69, 9.17) is 9.40 Å². The summed E-state index contributed by atoms with van der Waals surface area (Å²) in [6, 6.07) is 21.8. The molecule has 9 heteroatoms. The van der Waals surface area contributed by atoms with E-state index in [2.05, 4.69) is 51.4 Å². The Morgan fingerprint density at radius 2 is 1.76 bits per heavy atom. The topological polar surface area (TPSA) is 131 Å².